The molecule has 2 nitrogen and oxygen atoms in total. The summed E-state index contributed by atoms with van der Waals surface area (Å²) in [7, 11) is 0. The van der Waals surface area contributed by atoms with Crippen LogP contribution in [-0.4, -0.2) is 24.7 Å². The van der Waals surface area contributed by atoms with Crippen LogP contribution in [0, 0.1) is 0 Å². The quantitative estimate of drug-likeness (QED) is 0.502. The average molecular weight is 204 g/mol. The first-order chi connectivity index (χ1) is 4.06. The molecule has 0 saturated heterocycles. The monoisotopic (exact) mass is 203 g/mol. The van der Waals surface area contributed by atoms with Gasteiger partial charge in [-0.05, 0) is 0 Å². The molecule has 0 spiro atoms. The molecular weight excluding hydrogens is 198 g/mol. The molecule has 55 valence electrons. The maximum Gasteiger partial charge on any atom is 0.404 e. The van der Waals surface area contributed by atoms with Gasteiger partial charge in [0.2, 0.25) is 0 Å². The number of hydrogen-bond acceptors (Lipinski definition) is 1. The zero-order chi connectivity index (χ0) is 7.33. The third-order valence-electron chi connectivity index (χ3n) is 0.492. The van der Waals surface area contributed by atoms with Gasteiger partial charge in [-0.1, -0.05) is 15.9 Å². The Kier molecular flexibility index (Phi) is 4.26. The number of hydrogen-bond donors (Lipinski definition) is 0. The first-order valence-electron chi connectivity index (χ1n) is 2.28. The fourth-order valence-corrected chi connectivity index (χ4v) is 0.474. The van der Waals surface area contributed by atoms with Crippen LogP contribution in [0.1, 0.15) is 0 Å². The Balaban J connectivity index is 3.07. The highest BCUT2D eigenvalue weighted by atomic mass is 79.9. The van der Waals surface area contributed by atoms with Gasteiger partial charge in [-0.2, -0.15) is 13.9 Å². The molecule has 0 fully saturated rings. The Morgan fingerprint density at radius 3 is 2.44 bits per heavy atom. The minimum absolute atomic E-state index is 0.137. The minimum atomic E-state index is -3.94. The zero-order valence-corrected chi connectivity index (χ0v) is 6.16. The Morgan fingerprint density at radius 2 is 2.11 bits per heavy atom. The highest BCUT2D eigenvalue weighted by Gasteiger charge is 2.26. The molecule has 9 heavy (non-hydrogen) atoms. The van der Waals surface area contributed by atoms with E-state index in [-0.39, 0.29) is 6.61 Å². The van der Waals surface area contributed by atoms with Crippen LogP contribution in [0.2, 0.25) is 0 Å². The lowest BCUT2D eigenvalue weighted by Gasteiger charge is -2.04. The van der Waals surface area contributed by atoms with Crippen LogP contribution < -0.4 is 0 Å². The summed E-state index contributed by atoms with van der Waals surface area (Å²) < 4.78 is 26.9. The molecule has 0 aliphatic carbocycles. The van der Waals surface area contributed by atoms with E-state index in [1.807, 2.05) is 0 Å². The largest absolute Gasteiger partial charge is 0.404 e. The Morgan fingerprint density at radius 1 is 1.56 bits per heavy atom. The van der Waals surface area contributed by atoms with Crippen LogP contribution in [-0.2, 0) is 9.84 Å². The van der Waals surface area contributed by atoms with Gasteiger partial charge in [-0.25, -0.2) is 0 Å². The highest BCUT2D eigenvalue weighted by molar-refractivity contribution is 9.09. The van der Waals surface area contributed by atoms with Crippen LogP contribution in [0.5, 0.6) is 0 Å². The summed E-state index contributed by atoms with van der Waals surface area (Å²) in [6.45, 7) is -0.906. The van der Waals surface area contributed by atoms with E-state index >= 15 is 0 Å². The van der Waals surface area contributed by atoms with E-state index in [9.17, 15) is 13.9 Å². The van der Waals surface area contributed by atoms with Crippen molar-refractivity contribution in [1.29, 1.82) is 0 Å². The van der Waals surface area contributed by atoms with E-state index in [4.69, 9.17) is 0 Å². The lowest BCUT2D eigenvalue weighted by Crippen LogP contribution is -2.21. The van der Waals surface area contributed by atoms with Gasteiger partial charge in [-0.15, -0.1) is 0 Å². The summed E-state index contributed by atoms with van der Waals surface area (Å²) in [5.41, 5.74) is 0. The first-order valence-corrected chi connectivity index (χ1v) is 3.40. The van der Waals surface area contributed by atoms with Gasteiger partial charge in [0.25, 0.3) is 0 Å². The standard InChI is InChI=1S/C4H6BrF2O2/c5-1-2-9-3-4(6,7)8/h1-3H2. The van der Waals surface area contributed by atoms with E-state index in [0.29, 0.717) is 5.33 Å². The van der Waals surface area contributed by atoms with Crippen molar-refractivity contribution in [1.82, 2.24) is 0 Å². The van der Waals surface area contributed by atoms with E-state index in [0.717, 1.165) is 0 Å². The fraction of sp³-hybridized carbons (Fsp3) is 1.00. The Labute approximate surface area is 59.9 Å². The maximum atomic E-state index is 11.3. The summed E-state index contributed by atoms with van der Waals surface area (Å²) in [5.74, 6) is 0. The molecular formula is C4H6BrF2O2. The molecule has 0 unspecified atom stereocenters. The van der Waals surface area contributed by atoms with E-state index < -0.39 is 12.7 Å². The molecule has 0 rings (SSSR count). The highest BCUT2D eigenvalue weighted by Crippen LogP contribution is 2.08. The summed E-state index contributed by atoms with van der Waals surface area (Å²) in [6.07, 6.45) is -3.94. The van der Waals surface area contributed by atoms with Gasteiger partial charge < -0.3 is 4.74 Å². The van der Waals surface area contributed by atoms with Gasteiger partial charge in [0.05, 0.1) is 6.61 Å². The maximum absolute atomic E-state index is 11.3. The van der Waals surface area contributed by atoms with Gasteiger partial charge in [0.15, 0.2) is 0 Å². The van der Waals surface area contributed by atoms with Gasteiger partial charge in [-0.3, -0.25) is 0 Å². The number of ether oxygens (including phenoxy) is 1. The fourth-order valence-electron chi connectivity index (χ4n) is 0.246. The van der Waals surface area contributed by atoms with Crippen molar-refractivity contribution >= 4 is 15.9 Å². The van der Waals surface area contributed by atoms with Crippen molar-refractivity contribution in [3.8, 4) is 0 Å². The number of halogens is 3. The summed E-state index contributed by atoms with van der Waals surface area (Å²) in [6, 6.07) is 0. The summed E-state index contributed by atoms with van der Waals surface area (Å²) in [4.78, 5) is 0. The molecule has 0 amide bonds. The molecule has 0 aliphatic rings. The smallest absolute Gasteiger partial charge is 0.371 e. The molecule has 0 atom stereocenters. The second-order valence-electron chi connectivity index (χ2n) is 1.38. The molecule has 0 aliphatic heterocycles. The number of rotatable bonds is 4. The molecule has 0 aromatic carbocycles. The molecule has 0 bridgehead atoms. The second-order valence-corrected chi connectivity index (χ2v) is 2.17. The average Bonchev–Trinajstić information content (AvgIpc) is 1.63. The van der Waals surface area contributed by atoms with Crippen molar-refractivity contribution in [2.75, 3.05) is 18.5 Å². The Bertz CT molecular complexity index is 73.5. The lowest BCUT2D eigenvalue weighted by molar-refractivity contribution is -0.267. The zero-order valence-electron chi connectivity index (χ0n) is 4.57. The van der Waals surface area contributed by atoms with Crippen molar-refractivity contribution in [3.05, 3.63) is 0 Å². The topological polar surface area (TPSA) is 29.1 Å². The predicted octanol–water partition coefficient (Wildman–Crippen LogP) is 1.42. The van der Waals surface area contributed by atoms with Crippen molar-refractivity contribution in [2.45, 2.75) is 6.11 Å². The van der Waals surface area contributed by atoms with Crippen LogP contribution in [0.3, 0.4) is 0 Å². The molecule has 5 heteroatoms. The second kappa shape index (κ2) is 4.14. The predicted molar refractivity (Wildman–Crippen MR) is 30.2 cm³/mol. The third kappa shape index (κ3) is 8.26. The van der Waals surface area contributed by atoms with Crippen molar-refractivity contribution in [3.63, 3.8) is 0 Å². The molecule has 0 aromatic heterocycles. The lowest BCUT2D eigenvalue weighted by atomic mass is 10.7. The first kappa shape index (κ1) is 9.26. The van der Waals surface area contributed by atoms with Gasteiger partial charge in [0, 0.05) is 5.33 Å². The number of alkyl halides is 3. The third-order valence-corrected chi connectivity index (χ3v) is 0.815. The minimum Gasteiger partial charge on any atom is -0.371 e. The summed E-state index contributed by atoms with van der Waals surface area (Å²) in [5, 5.41) is 9.97. The van der Waals surface area contributed by atoms with E-state index in [1.165, 1.54) is 0 Å². The van der Waals surface area contributed by atoms with Crippen LogP contribution >= 0.6 is 15.9 Å². The van der Waals surface area contributed by atoms with Crippen LogP contribution in [0.15, 0.2) is 0 Å². The molecule has 0 saturated carbocycles. The van der Waals surface area contributed by atoms with E-state index in [2.05, 4.69) is 20.7 Å². The van der Waals surface area contributed by atoms with Gasteiger partial charge in [0.1, 0.15) is 6.61 Å². The SMILES string of the molecule is [O]C(F)(F)COCCBr. The summed E-state index contributed by atoms with van der Waals surface area (Å²) >= 11 is 2.95. The molecule has 1 radical (unpaired) electrons. The Hall–Kier alpha value is 0.260. The van der Waals surface area contributed by atoms with Crippen LogP contribution in [0.25, 0.3) is 0 Å². The van der Waals surface area contributed by atoms with Gasteiger partial charge >= 0.3 is 6.11 Å². The molecule has 0 aromatic rings. The molecule has 0 heterocycles. The normalized spacial score (nSPS) is 12.0. The van der Waals surface area contributed by atoms with Crippen LogP contribution in [0.4, 0.5) is 8.78 Å². The van der Waals surface area contributed by atoms with Crippen molar-refractivity contribution in [2.24, 2.45) is 0 Å². The van der Waals surface area contributed by atoms with Crippen molar-refractivity contribution < 1.29 is 18.6 Å². The van der Waals surface area contributed by atoms with E-state index in [1.54, 1.807) is 0 Å². The molecule has 0 N–H and O–H groups in total.